The standard InChI is InChI=1S/C14H14BrFN2/c1-9-12(15)4-3-5-13(9)18-10(2)14-7-6-11(16)8-17-14/h3-8,10,18H,1-2H3. The van der Waals surface area contributed by atoms with Crippen molar-refractivity contribution < 1.29 is 4.39 Å². The molecule has 18 heavy (non-hydrogen) atoms. The maximum absolute atomic E-state index is 12.8. The lowest BCUT2D eigenvalue weighted by Gasteiger charge is -2.17. The van der Waals surface area contributed by atoms with Crippen LogP contribution < -0.4 is 5.32 Å². The van der Waals surface area contributed by atoms with Gasteiger partial charge in [0.1, 0.15) is 5.82 Å². The first-order valence-corrected chi connectivity index (χ1v) is 6.50. The Morgan fingerprint density at radius 2 is 2.06 bits per heavy atom. The molecule has 1 atom stereocenters. The fourth-order valence-corrected chi connectivity index (χ4v) is 2.08. The van der Waals surface area contributed by atoms with Gasteiger partial charge in [-0.1, -0.05) is 22.0 Å². The fraction of sp³-hybridized carbons (Fsp3) is 0.214. The van der Waals surface area contributed by atoms with E-state index in [1.807, 2.05) is 32.0 Å². The van der Waals surface area contributed by atoms with Crippen LogP contribution in [0.15, 0.2) is 41.0 Å². The number of rotatable bonds is 3. The molecule has 1 N–H and O–H groups in total. The topological polar surface area (TPSA) is 24.9 Å². The molecule has 0 amide bonds. The van der Waals surface area contributed by atoms with Crippen molar-refractivity contribution in [3.63, 3.8) is 0 Å². The fourth-order valence-electron chi connectivity index (χ4n) is 1.71. The van der Waals surface area contributed by atoms with Gasteiger partial charge in [-0.15, -0.1) is 0 Å². The molecule has 0 saturated carbocycles. The molecule has 94 valence electrons. The zero-order valence-corrected chi connectivity index (χ0v) is 11.8. The van der Waals surface area contributed by atoms with E-state index >= 15 is 0 Å². The second kappa shape index (κ2) is 5.48. The molecule has 0 spiro atoms. The highest BCUT2D eigenvalue weighted by Gasteiger charge is 2.09. The maximum atomic E-state index is 12.8. The number of halogens is 2. The summed E-state index contributed by atoms with van der Waals surface area (Å²) in [7, 11) is 0. The number of hydrogen-bond donors (Lipinski definition) is 1. The highest BCUT2D eigenvalue weighted by atomic mass is 79.9. The molecule has 2 rings (SSSR count). The minimum atomic E-state index is -0.315. The van der Waals surface area contributed by atoms with Crippen LogP contribution in [0.1, 0.15) is 24.2 Å². The summed E-state index contributed by atoms with van der Waals surface area (Å²) in [5.74, 6) is -0.315. The highest BCUT2D eigenvalue weighted by molar-refractivity contribution is 9.10. The summed E-state index contributed by atoms with van der Waals surface area (Å²) in [6.45, 7) is 4.04. The van der Waals surface area contributed by atoms with Crippen LogP contribution in [0.4, 0.5) is 10.1 Å². The van der Waals surface area contributed by atoms with Crippen LogP contribution in [0.25, 0.3) is 0 Å². The van der Waals surface area contributed by atoms with Gasteiger partial charge in [0.2, 0.25) is 0 Å². The van der Waals surface area contributed by atoms with Gasteiger partial charge in [-0.25, -0.2) is 4.39 Å². The summed E-state index contributed by atoms with van der Waals surface area (Å²) in [4.78, 5) is 4.08. The van der Waals surface area contributed by atoms with Crippen molar-refractivity contribution in [1.29, 1.82) is 0 Å². The molecule has 0 bridgehead atoms. The first-order chi connectivity index (χ1) is 8.58. The van der Waals surface area contributed by atoms with Crippen molar-refractivity contribution in [3.8, 4) is 0 Å². The zero-order chi connectivity index (χ0) is 13.1. The van der Waals surface area contributed by atoms with E-state index in [9.17, 15) is 4.39 Å². The first kappa shape index (κ1) is 13.0. The van der Waals surface area contributed by atoms with Crippen molar-refractivity contribution >= 4 is 21.6 Å². The first-order valence-electron chi connectivity index (χ1n) is 5.71. The summed E-state index contributed by atoms with van der Waals surface area (Å²) in [5, 5.41) is 3.37. The van der Waals surface area contributed by atoms with Crippen LogP contribution >= 0.6 is 15.9 Å². The van der Waals surface area contributed by atoms with Gasteiger partial charge in [0, 0.05) is 10.2 Å². The molecule has 1 heterocycles. The van der Waals surface area contributed by atoms with Crippen molar-refractivity contribution in [1.82, 2.24) is 4.98 Å². The third kappa shape index (κ3) is 2.88. The third-order valence-electron chi connectivity index (χ3n) is 2.83. The Kier molecular flexibility index (Phi) is 3.97. The Balaban J connectivity index is 2.18. The number of benzene rings is 1. The van der Waals surface area contributed by atoms with E-state index in [0.717, 1.165) is 21.4 Å². The molecule has 1 aromatic heterocycles. The van der Waals surface area contributed by atoms with E-state index < -0.39 is 0 Å². The predicted octanol–water partition coefficient (Wildman–Crippen LogP) is 4.46. The number of hydrogen-bond acceptors (Lipinski definition) is 2. The summed E-state index contributed by atoms with van der Waals surface area (Å²) in [5.41, 5.74) is 3.00. The van der Waals surface area contributed by atoms with Gasteiger partial charge in [0.05, 0.1) is 17.9 Å². The van der Waals surface area contributed by atoms with Crippen molar-refractivity contribution in [3.05, 3.63) is 58.1 Å². The molecule has 1 unspecified atom stereocenters. The number of nitrogens with one attached hydrogen (secondary N) is 1. The van der Waals surface area contributed by atoms with Gasteiger partial charge in [-0.3, -0.25) is 4.98 Å². The summed E-state index contributed by atoms with van der Waals surface area (Å²) >= 11 is 3.50. The third-order valence-corrected chi connectivity index (χ3v) is 3.69. The molecule has 0 aliphatic rings. The normalized spacial score (nSPS) is 12.2. The Labute approximate surface area is 114 Å². The Morgan fingerprint density at radius 3 is 2.72 bits per heavy atom. The zero-order valence-electron chi connectivity index (χ0n) is 10.2. The smallest absolute Gasteiger partial charge is 0.141 e. The van der Waals surface area contributed by atoms with Crippen molar-refractivity contribution in [2.45, 2.75) is 19.9 Å². The minimum absolute atomic E-state index is 0.0265. The number of anilines is 1. The molecule has 1 aromatic carbocycles. The molecule has 4 heteroatoms. The second-order valence-corrected chi connectivity index (χ2v) is 5.03. The molecule has 0 aliphatic heterocycles. The number of nitrogens with zero attached hydrogens (tertiary/aromatic N) is 1. The van der Waals surface area contributed by atoms with Crippen LogP contribution in [0, 0.1) is 12.7 Å². The van der Waals surface area contributed by atoms with Gasteiger partial charge in [0.25, 0.3) is 0 Å². The van der Waals surface area contributed by atoms with E-state index in [2.05, 4.69) is 26.2 Å². The lowest BCUT2D eigenvalue weighted by Crippen LogP contribution is -2.09. The molecule has 2 nitrogen and oxygen atoms in total. The van der Waals surface area contributed by atoms with Crippen LogP contribution in [0.3, 0.4) is 0 Å². The molecular weight excluding hydrogens is 295 g/mol. The molecule has 0 aliphatic carbocycles. The van der Waals surface area contributed by atoms with Crippen LogP contribution in [0.2, 0.25) is 0 Å². The average Bonchev–Trinajstić information content (AvgIpc) is 2.36. The van der Waals surface area contributed by atoms with E-state index in [0.29, 0.717) is 0 Å². The Hall–Kier alpha value is -1.42. The van der Waals surface area contributed by atoms with Crippen LogP contribution in [-0.4, -0.2) is 4.98 Å². The molecule has 2 aromatic rings. The molecular formula is C14H14BrFN2. The second-order valence-electron chi connectivity index (χ2n) is 4.18. The van der Waals surface area contributed by atoms with E-state index in [4.69, 9.17) is 0 Å². The van der Waals surface area contributed by atoms with Crippen LogP contribution in [0.5, 0.6) is 0 Å². The molecule has 0 saturated heterocycles. The minimum Gasteiger partial charge on any atom is -0.377 e. The lowest BCUT2D eigenvalue weighted by molar-refractivity contribution is 0.617. The number of aromatic nitrogens is 1. The van der Waals surface area contributed by atoms with Crippen LogP contribution in [-0.2, 0) is 0 Å². The van der Waals surface area contributed by atoms with Gasteiger partial charge in [-0.2, -0.15) is 0 Å². The highest BCUT2D eigenvalue weighted by Crippen LogP contribution is 2.26. The summed E-state index contributed by atoms with van der Waals surface area (Å²) in [6.07, 6.45) is 1.24. The SMILES string of the molecule is Cc1c(Br)cccc1NC(C)c1ccc(F)cn1. The van der Waals surface area contributed by atoms with Gasteiger partial charge < -0.3 is 5.32 Å². The predicted molar refractivity (Wildman–Crippen MR) is 75.1 cm³/mol. The van der Waals surface area contributed by atoms with Crippen molar-refractivity contribution in [2.75, 3.05) is 5.32 Å². The quantitative estimate of drug-likeness (QED) is 0.905. The monoisotopic (exact) mass is 308 g/mol. The average molecular weight is 309 g/mol. The molecule has 0 radical (unpaired) electrons. The maximum Gasteiger partial charge on any atom is 0.141 e. The van der Waals surface area contributed by atoms with Gasteiger partial charge in [0.15, 0.2) is 0 Å². The van der Waals surface area contributed by atoms with E-state index in [-0.39, 0.29) is 11.9 Å². The number of pyridine rings is 1. The Morgan fingerprint density at radius 1 is 1.28 bits per heavy atom. The lowest BCUT2D eigenvalue weighted by atomic mass is 10.1. The van der Waals surface area contributed by atoms with Crippen molar-refractivity contribution in [2.24, 2.45) is 0 Å². The van der Waals surface area contributed by atoms with Gasteiger partial charge >= 0.3 is 0 Å². The summed E-state index contributed by atoms with van der Waals surface area (Å²) < 4.78 is 13.9. The van der Waals surface area contributed by atoms with E-state index in [1.165, 1.54) is 12.3 Å². The van der Waals surface area contributed by atoms with Gasteiger partial charge in [-0.05, 0) is 43.7 Å². The largest absolute Gasteiger partial charge is 0.377 e. The Bertz CT molecular complexity index is 540. The molecule has 0 fully saturated rings. The van der Waals surface area contributed by atoms with E-state index in [1.54, 1.807) is 6.07 Å². The summed E-state index contributed by atoms with van der Waals surface area (Å²) in [6, 6.07) is 9.14.